The first-order chi connectivity index (χ1) is 8.74. The van der Waals surface area contributed by atoms with E-state index in [0.717, 1.165) is 13.2 Å². The van der Waals surface area contributed by atoms with Gasteiger partial charge in [-0.1, -0.05) is 12.1 Å². The molecule has 0 radical (unpaired) electrons. The van der Waals surface area contributed by atoms with E-state index in [1.165, 1.54) is 12.1 Å². The van der Waals surface area contributed by atoms with Crippen LogP contribution in [0.5, 0.6) is 11.5 Å². The highest BCUT2D eigenvalue weighted by molar-refractivity contribution is 5.85. The van der Waals surface area contributed by atoms with E-state index in [4.69, 9.17) is 5.73 Å². The summed E-state index contributed by atoms with van der Waals surface area (Å²) < 4.78 is 44.3. The van der Waals surface area contributed by atoms with Crippen molar-refractivity contribution in [2.75, 3.05) is 7.11 Å². The summed E-state index contributed by atoms with van der Waals surface area (Å²) in [6.07, 6.45) is -5.21. The maximum atomic E-state index is 12.1. The number of benzene rings is 1. The molecule has 0 aliphatic heterocycles. The molecule has 3 N–H and O–H groups in total. The number of para-hydroxylation sites is 1. The van der Waals surface area contributed by atoms with Crippen LogP contribution in [0, 0.1) is 0 Å². The predicted molar refractivity (Wildman–Crippen MR) is 65.6 cm³/mol. The van der Waals surface area contributed by atoms with Crippen molar-refractivity contribution in [3.63, 3.8) is 0 Å². The van der Waals surface area contributed by atoms with Crippen LogP contribution in [0.3, 0.4) is 0 Å². The van der Waals surface area contributed by atoms with Crippen LogP contribution in [0.1, 0.15) is 18.0 Å². The van der Waals surface area contributed by atoms with Gasteiger partial charge in [0.2, 0.25) is 0 Å². The third-order valence-electron chi connectivity index (χ3n) is 2.27. The minimum Gasteiger partial charge on any atom is -0.504 e. The lowest BCUT2D eigenvalue weighted by molar-refractivity contribution is -0.275. The third kappa shape index (κ3) is 5.14. The molecule has 0 aromatic heterocycles. The van der Waals surface area contributed by atoms with Gasteiger partial charge in [0, 0.05) is 11.6 Å². The van der Waals surface area contributed by atoms with E-state index in [1.54, 1.807) is 0 Å². The van der Waals surface area contributed by atoms with Crippen molar-refractivity contribution in [3.8, 4) is 11.5 Å². The topological polar surface area (TPSA) is 81.8 Å². The molecule has 1 aromatic rings. The van der Waals surface area contributed by atoms with Gasteiger partial charge in [-0.3, -0.25) is 4.79 Å². The van der Waals surface area contributed by atoms with E-state index >= 15 is 0 Å². The lowest BCUT2D eigenvalue weighted by atomic mass is 10.0. The molecule has 1 aromatic carbocycles. The lowest BCUT2D eigenvalue weighted by Crippen LogP contribution is -2.19. The zero-order chi connectivity index (χ0) is 14.6. The van der Waals surface area contributed by atoms with Crippen molar-refractivity contribution >= 4 is 18.4 Å². The average Bonchev–Trinajstić information content (AvgIpc) is 2.29. The number of carbonyl (C=O) groups is 1. The van der Waals surface area contributed by atoms with Crippen LogP contribution < -0.4 is 10.5 Å². The molecule has 114 valence electrons. The number of esters is 1. The molecule has 0 amide bonds. The Balaban J connectivity index is 0.00000361. The first-order valence-corrected chi connectivity index (χ1v) is 5.14. The van der Waals surface area contributed by atoms with Crippen molar-refractivity contribution in [2.24, 2.45) is 5.73 Å². The standard InChI is InChI=1S/C11H12F3NO4.ClH/c1-18-9(16)5-7(15)6-3-2-4-8(10(6)17)19-11(12,13)14;/h2-4,7,17H,5,15H2,1H3;1H/t7-;/m1./s1. The number of carbonyl (C=O) groups excluding carboxylic acids is 1. The molecular formula is C11H13ClF3NO4. The molecule has 20 heavy (non-hydrogen) atoms. The van der Waals surface area contributed by atoms with Gasteiger partial charge in [-0.05, 0) is 6.07 Å². The number of rotatable bonds is 4. The molecule has 0 aliphatic carbocycles. The van der Waals surface area contributed by atoms with Crippen LogP contribution in [0.25, 0.3) is 0 Å². The van der Waals surface area contributed by atoms with E-state index in [0.29, 0.717) is 0 Å². The number of phenolic OH excluding ortho intramolecular Hbond substituents is 1. The van der Waals surface area contributed by atoms with Gasteiger partial charge in [0.15, 0.2) is 11.5 Å². The molecule has 1 rings (SSSR count). The molecular weight excluding hydrogens is 303 g/mol. The molecule has 0 aliphatic rings. The van der Waals surface area contributed by atoms with E-state index in [9.17, 15) is 23.1 Å². The summed E-state index contributed by atoms with van der Waals surface area (Å²) in [6, 6.07) is 2.47. The highest BCUT2D eigenvalue weighted by Gasteiger charge is 2.33. The number of phenols is 1. The molecule has 0 saturated heterocycles. The first kappa shape index (κ1) is 18.3. The second-order valence-electron chi connectivity index (χ2n) is 3.63. The Morgan fingerprint density at radius 1 is 1.45 bits per heavy atom. The fourth-order valence-corrected chi connectivity index (χ4v) is 1.42. The summed E-state index contributed by atoms with van der Waals surface area (Å²) in [5.74, 6) is -2.17. The minimum absolute atomic E-state index is 0. The maximum absolute atomic E-state index is 12.1. The van der Waals surface area contributed by atoms with Gasteiger partial charge >= 0.3 is 12.3 Å². The summed E-state index contributed by atoms with van der Waals surface area (Å²) >= 11 is 0. The summed E-state index contributed by atoms with van der Waals surface area (Å²) in [4.78, 5) is 11.0. The van der Waals surface area contributed by atoms with Crippen molar-refractivity contribution in [3.05, 3.63) is 23.8 Å². The van der Waals surface area contributed by atoms with Crippen LogP contribution in [0.15, 0.2) is 18.2 Å². The Morgan fingerprint density at radius 3 is 2.55 bits per heavy atom. The second kappa shape index (κ2) is 7.20. The van der Waals surface area contributed by atoms with Crippen molar-refractivity contribution < 1.29 is 32.5 Å². The zero-order valence-corrected chi connectivity index (χ0v) is 11.1. The van der Waals surface area contributed by atoms with Gasteiger partial charge in [-0.2, -0.15) is 0 Å². The molecule has 0 spiro atoms. The summed E-state index contributed by atoms with van der Waals surface area (Å²) in [6.45, 7) is 0. The molecule has 0 unspecified atom stereocenters. The van der Waals surface area contributed by atoms with Crippen LogP contribution in [0.2, 0.25) is 0 Å². The van der Waals surface area contributed by atoms with Crippen LogP contribution in [-0.2, 0) is 9.53 Å². The van der Waals surface area contributed by atoms with Crippen LogP contribution >= 0.6 is 12.4 Å². The first-order valence-electron chi connectivity index (χ1n) is 5.14. The number of aromatic hydroxyl groups is 1. The van der Waals surface area contributed by atoms with Crippen molar-refractivity contribution in [2.45, 2.75) is 18.8 Å². The van der Waals surface area contributed by atoms with Gasteiger partial charge in [0.1, 0.15) is 0 Å². The number of halogens is 4. The SMILES string of the molecule is COC(=O)C[C@@H](N)c1cccc(OC(F)(F)F)c1O.Cl. The molecule has 0 heterocycles. The zero-order valence-electron chi connectivity index (χ0n) is 10.3. The number of alkyl halides is 3. The molecule has 1 atom stereocenters. The van der Waals surface area contributed by atoms with Crippen LogP contribution in [-0.4, -0.2) is 24.5 Å². The monoisotopic (exact) mass is 315 g/mol. The van der Waals surface area contributed by atoms with E-state index in [2.05, 4.69) is 9.47 Å². The van der Waals surface area contributed by atoms with E-state index in [1.807, 2.05) is 0 Å². The van der Waals surface area contributed by atoms with Crippen molar-refractivity contribution in [1.29, 1.82) is 0 Å². The molecule has 0 fully saturated rings. The third-order valence-corrected chi connectivity index (χ3v) is 2.27. The largest absolute Gasteiger partial charge is 0.573 e. The normalized spacial score (nSPS) is 12.2. The van der Waals surface area contributed by atoms with E-state index in [-0.39, 0.29) is 24.4 Å². The fraction of sp³-hybridized carbons (Fsp3) is 0.364. The Labute approximate surface area is 118 Å². The number of ether oxygens (including phenoxy) is 2. The predicted octanol–water partition coefficient (Wildman–Crippen LogP) is 2.28. The lowest BCUT2D eigenvalue weighted by Gasteiger charge is -2.16. The summed E-state index contributed by atoms with van der Waals surface area (Å²) in [5, 5.41) is 9.65. The second-order valence-corrected chi connectivity index (χ2v) is 3.63. The molecule has 9 heteroatoms. The Morgan fingerprint density at radius 2 is 2.05 bits per heavy atom. The average molecular weight is 316 g/mol. The number of nitrogens with two attached hydrogens (primary N) is 1. The summed E-state index contributed by atoms with van der Waals surface area (Å²) in [7, 11) is 1.15. The molecule has 0 saturated carbocycles. The highest BCUT2D eigenvalue weighted by Crippen LogP contribution is 2.36. The van der Waals surface area contributed by atoms with Gasteiger partial charge in [-0.15, -0.1) is 25.6 Å². The van der Waals surface area contributed by atoms with Gasteiger partial charge in [-0.25, -0.2) is 0 Å². The maximum Gasteiger partial charge on any atom is 0.573 e. The Kier molecular flexibility index (Phi) is 6.60. The Bertz CT molecular complexity index is 467. The molecule has 5 nitrogen and oxygen atoms in total. The van der Waals surface area contributed by atoms with Crippen LogP contribution in [0.4, 0.5) is 13.2 Å². The van der Waals surface area contributed by atoms with Gasteiger partial charge in [0.25, 0.3) is 0 Å². The Hall–Kier alpha value is -1.67. The summed E-state index contributed by atoms with van der Waals surface area (Å²) in [5.41, 5.74) is 5.57. The van der Waals surface area contributed by atoms with Gasteiger partial charge in [0.05, 0.1) is 13.5 Å². The van der Waals surface area contributed by atoms with Gasteiger partial charge < -0.3 is 20.3 Å². The quantitative estimate of drug-likeness (QED) is 0.833. The van der Waals surface area contributed by atoms with Crippen molar-refractivity contribution in [1.82, 2.24) is 0 Å². The number of hydrogen-bond donors (Lipinski definition) is 2. The highest BCUT2D eigenvalue weighted by atomic mass is 35.5. The number of hydrogen-bond acceptors (Lipinski definition) is 5. The molecule has 0 bridgehead atoms. The smallest absolute Gasteiger partial charge is 0.504 e. The van der Waals surface area contributed by atoms with E-state index < -0.39 is 29.9 Å². The number of methoxy groups -OCH3 is 1. The fourth-order valence-electron chi connectivity index (χ4n) is 1.42. The minimum atomic E-state index is -4.93.